The smallest absolute Gasteiger partial charge is 0.335 e. The van der Waals surface area contributed by atoms with Crippen molar-refractivity contribution in [3.8, 4) is 0 Å². The highest BCUT2D eigenvalue weighted by molar-refractivity contribution is 6.01. The van der Waals surface area contributed by atoms with Crippen molar-refractivity contribution in [3.63, 3.8) is 0 Å². The third kappa shape index (κ3) is 5.21. The molecule has 0 aromatic heterocycles. The molecule has 0 spiro atoms. The molecule has 3 fully saturated rings. The van der Waals surface area contributed by atoms with Gasteiger partial charge >= 0.3 is 5.97 Å². The molecule has 6 heteroatoms. The summed E-state index contributed by atoms with van der Waals surface area (Å²) in [6.45, 7) is 2.26. The fourth-order valence-corrected chi connectivity index (χ4v) is 7.73. The molecule has 6 rings (SSSR count). The molecule has 0 radical (unpaired) electrons. The molecule has 2 saturated heterocycles. The second kappa shape index (κ2) is 11.6. The predicted octanol–water partition coefficient (Wildman–Crippen LogP) is 6.37. The van der Waals surface area contributed by atoms with Gasteiger partial charge in [-0.05, 0) is 84.4 Å². The molecule has 210 valence electrons. The molecule has 2 aromatic rings. The minimum atomic E-state index is -0.913. The average Bonchev–Trinajstić information content (AvgIpc) is 3.57. The van der Waals surface area contributed by atoms with Crippen LogP contribution in [0.5, 0.6) is 0 Å². The van der Waals surface area contributed by atoms with Crippen LogP contribution in [0.2, 0.25) is 0 Å². The van der Waals surface area contributed by atoms with Crippen molar-refractivity contribution in [3.05, 3.63) is 70.8 Å². The molecule has 2 aliphatic carbocycles. The Morgan fingerprint density at radius 3 is 2.27 bits per heavy atom. The van der Waals surface area contributed by atoms with Crippen molar-refractivity contribution in [2.75, 3.05) is 19.6 Å². The van der Waals surface area contributed by atoms with E-state index in [1.165, 1.54) is 41.5 Å². The van der Waals surface area contributed by atoms with Crippen LogP contribution in [-0.2, 0) is 9.59 Å². The van der Waals surface area contributed by atoms with Gasteiger partial charge in [0.15, 0.2) is 0 Å². The highest BCUT2D eigenvalue weighted by Crippen LogP contribution is 2.54. The molecule has 1 saturated carbocycles. The summed E-state index contributed by atoms with van der Waals surface area (Å²) in [4.78, 5) is 41.7. The van der Waals surface area contributed by atoms with Gasteiger partial charge in [-0.2, -0.15) is 0 Å². The van der Waals surface area contributed by atoms with E-state index in [2.05, 4.69) is 24.3 Å². The fraction of sp³-hybridized carbons (Fsp3) is 0.500. The van der Waals surface area contributed by atoms with Crippen molar-refractivity contribution in [2.45, 2.75) is 82.6 Å². The van der Waals surface area contributed by atoms with Crippen LogP contribution in [0.4, 0.5) is 0 Å². The summed E-state index contributed by atoms with van der Waals surface area (Å²) in [6.07, 6.45) is 10.5. The van der Waals surface area contributed by atoms with Crippen LogP contribution < -0.4 is 0 Å². The van der Waals surface area contributed by atoms with Crippen molar-refractivity contribution in [1.29, 1.82) is 0 Å². The number of benzene rings is 2. The first-order chi connectivity index (χ1) is 19.5. The second-order valence-corrected chi connectivity index (χ2v) is 12.0. The summed E-state index contributed by atoms with van der Waals surface area (Å²) in [5, 5.41) is 9.81. The number of rotatable bonds is 7. The second-order valence-electron chi connectivity index (χ2n) is 12.0. The van der Waals surface area contributed by atoms with E-state index in [9.17, 15) is 19.5 Å². The molecule has 1 N–H and O–H groups in total. The summed E-state index contributed by atoms with van der Waals surface area (Å²) >= 11 is 0. The van der Waals surface area contributed by atoms with Gasteiger partial charge in [0.1, 0.15) is 0 Å². The lowest BCUT2D eigenvalue weighted by Gasteiger charge is -2.37. The van der Waals surface area contributed by atoms with Crippen LogP contribution in [0.25, 0.3) is 11.1 Å². The number of hydrogen-bond acceptors (Lipinski definition) is 3. The zero-order valence-corrected chi connectivity index (χ0v) is 23.3. The van der Waals surface area contributed by atoms with Gasteiger partial charge in [-0.3, -0.25) is 9.59 Å². The van der Waals surface area contributed by atoms with E-state index in [1.807, 2.05) is 28.0 Å². The van der Waals surface area contributed by atoms with Crippen LogP contribution in [0, 0.1) is 5.92 Å². The number of carbonyl (C=O) groups excluding carboxylic acids is 2. The number of carboxylic acid groups (broad SMARTS) is 1. The van der Waals surface area contributed by atoms with Gasteiger partial charge in [0.05, 0.1) is 5.56 Å². The summed E-state index contributed by atoms with van der Waals surface area (Å²) in [5.41, 5.74) is 6.42. The molecular weight excluding hydrogens is 500 g/mol. The maximum Gasteiger partial charge on any atom is 0.335 e. The standard InChI is InChI=1S/C34H40N2O4/c37-30(35-20-17-26(18-21-35)36-19-7-12-31(36)38)16-15-28-29-22-25(34(39)40)13-14-27(29)32(23-8-3-1-4-9-23)33(28)24-10-5-2-6-11-24/h2,5-6,10-11,13-14,22-23,26,28H,1,3-4,7-9,12,15-21H2,(H,39,40). The number of amides is 2. The Morgan fingerprint density at radius 2 is 1.60 bits per heavy atom. The molecule has 2 aliphatic heterocycles. The molecule has 40 heavy (non-hydrogen) atoms. The van der Waals surface area contributed by atoms with E-state index < -0.39 is 5.97 Å². The quantitative estimate of drug-likeness (QED) is 0.443. The SMILES string of the molecule is O=C(O)c1ccc2c(c1)C(CCC(=O)N1CCC(N3CCCC3=O)CC1)C(c1ccccc1)=C2C1CCCCC1. The number of aromatic carboxylic acids is 1. The fourth-order valence-electron chi connectivity index (χ4n) is 7.73. The Balaban J connectivity index is 1.26. The van der Waals surface area contributed by atoms with Crippen molar-refractivity contribution >= 4 is 28.9 Å². The van der Waals surface area contributed by atoms with E-state index >= 15 is 0 Å². The lowest BCUT2D eigenvalue weighted by Crippen LogP contribution is -2.47. The summed E-state index contributed by atoms with van der Waals surface area (Å²) in [5.74, 6) is -0.0202. The molecule has 2 amide bonds. The van der Waals surface area contributed by atoms with Gasteiger partial charge in [0.25, 0.3) is 0 Å². The zero-order valence-electron chi connectivity index (χ0n) is 23.3. The Bertz CT molecular complexity index is 1300. The van der Waals surface area contributed by atoms with E-state index in [4.69, 9.17) is 0 Å². The van der Waals surface area contributed by atoms with Crippen LogP contribution in [0.3, 0.4) is 0 Å². The first kappa shape index (κ1) is 26.8. The lowest BCUT2D eigenvalue weighted by atomic mass is 9.79. The van der Waals surface area contributed by atoms with Gasteiger partial charge < -0.3 is 14.9 Å². The monoisotopic (exact) mass is 540 g/mol. The number of likely N-dealkylation sites (tertiary alicyclic amines) is 2. The first-order valence-electron chi connectivity index (χ1n) is 15.3. The Morgan fingerprint density at radius 1 is 0.850 bits per heavy atom. The molecule has 2 heterocycles. The van der Waals surface area contributed by atoms with Gasteiger partial charge in [-0.25, -0.2) is 4.79 Å². The Kier molecular flexibility index (Phi) is 7.77. The maximum absolute atomic E-state index is 13.5. The highest BCUT2D eigenvalue weighted by Gasteiger charge is 2.37. The summed E-state index contributed by atoms with van der Waals surface area (Å²) in [6, 6.07) is 16.4. The van der Waals surface area contributed by atoms with E-state index in [1.54, 1.807) is 6.07 Å². The van der Waals surface area contributed by atoms with Crippen molar-refractivity contribution in [1.82, 2.24) is 9.80 Å². The summed E-state index contributed by atoms with van der Waals surface area (Å²) in [7, 11) is 0. The van der Waals surface area contributed by atoms with Gasteiger partial charge in [-0.1, -0.05) is 55.7 Å². The average molecular weight is 541 g/mol. The molecule has 1 atom stereocenters. The van der Waals surface area contributed by atoms with Gasteiger partial charge in [0.2, 0.25) is 11.8 Å². The number of allylic oxidation sites excluding steroid dienone is 2. The number of piperidine rings is 1. The van der Waals surface area contributed by atoms with Crippen LogP contribution in [0.1, 0.15) is 104 Å². The minimum absolute atomic E-state index is 0.00247. The molecule has 6 nitrogen and oxygen atoms in total. The first-order valence-corrected chi connectivity index (χ1v) is 15.3. The topological polar surface area (TPSA) is 77.9 Å². The van der Waals surface area contributed by atoms with Crippen molar-refractivity contribution in [2.24, 2.45) is 5.92 Å². The third-order valence-electron chi connectivity index (χ3n) is 9.72. The Hall–Kier alpha value is -3.41. The van der Waals surface area contributed by atoms with Gasteiger partial charge in [0, 0.05) is 44.4 Å². The number of carboxylic acids is 1. The summed E-state index contributed by atoms with van der Waals surface area (Å²) < 4.78 is 0. The molecule has 4 aliphatic rings. The largest absolute Gasteiger partial charge is 0.478 e. The number of carbonyl (C=O) groups is 3. The zero-order chi connectivity index (χ0) is 27.6. The van der Waals surface area contributed by atoms with E-state index in [-0.39, 0.29) is 23.8 Å². The van der Waals surface area contributed by atoms with Crippen LogP contribution in [0.15, 0.2) is 48.5 Å². The van der Waals surface area contributed by atoms with E-state index in [0.717, 1.165) is 44.2 Å². The molecule has 1 unspecified atom stereocenters. The molecule has 2 aromatic carbocycles. The van der Waals surface area contributed by atoms with E-state index in [0.29, 0.717) is 43.8 Å². The predicted molar refractivity (Wildman–Crippen MR) is 156 cm³/mol. The normalized spacial score (nSPS) is 22.2. The minimum Gasteiger partial charge on any atom is -0.478 e. The third-order valence-corrected chi connectivity index (χ3v) is 9.72. The maximum atomic E-state index is 13.5. The lowest BCUT2D eigenvalue weighted by molar-refractivity contribution is -0.134. The number of nitrogens with zero attached hydrogens (tertiary/aromatic N) is 2. The van der Waals surface area contributed by atoms with Crippen LogP contribution in [-0.4, -0.2) is 58.4 Å². The number of fused-ring (bicyclic) bond motifs is 1. The van der Waals surface area contributed by atoms with Crippen LogP contribution >= 0.6 is 0 Å². The molecular formula is C34H40N2O4. The van der Waals surface area contributed by atoms with Gasteiger partial charge in [-0.15, -0.1) is 0 Å². The molecule has 0 bridgehead atoms. The highest BCUT2D eigenvalue weighted by atomic mass is 16.4. The number of hydrogen-bond donors (Lipinski definition) is 1. The van der Waals surface area contributed by atoms with Crippen molar-refractivity contribution < 1.29 is 19.5 Å². The Labute approximate surface area is 237 Å².